The number of nitriles is 1. The first kappa shape index (κ1) is 16.7. The van der Waals surface area contributed by atoms with Gasteiger partial charge in [-0.15, -0.1) is 0 Å². The Bertz CT molecular complexity index is 1210. The summed E-state index contributed by atoms with van der Waals surface area (Å²) in [6.45, 7) is 1.79. The Hall–Kier alpha value is -3.79. The molecular formula is C20H13F2N5. The third-order valence-electron chi connectivity index (χ3n) is 4.05. The predicted molar refractivity (Wildman–Crippen MR) is 97.5 cm³/mol. The number of benzene rings is 1. The van der Waals surface area contributed by atoms with Crippen molar-refractivity contribution in [3.05, 3.63) is 77.6 Å². The van der Waals surface area contributed by atoms with E-state index in [1.165, 1.54) is 24.4 Å². The van der Waals surface area contributed by atoms with Crippen LogP contribution in [0.3, 0.4) is 0 Å². The van der Waals surface area contributed by atoms with Crippen LogP contribution in [0.25, 0.3) is 17.0 Å². The van der Waals surface area contributed by atoms with Gasteiger partial charge in [0.25, 0.3) is 0 Å². The Balaban J connectivity index is 1.86. The Morgan fingerprint density at radius 2 is 1.89 bits per heavy atom. The van der Waals surface area contributed by atoms with Crippen LogP contribution in [0.15, 0.2) is 54.7 Å². The van der Waals surface area contributed by atoms with Gasteiger partial charge in [-0.2, -0.15) is 5.26 Å². The van der Waals surface area contributed by atoms with E-state index in [-0.39, 0.29) is 5.82 Å². The van der Waals surface area contributed by atoms with Crippen molar-refractivity contribution in [3.63, 3.8) is 0 Å². The van der Waals surface area contributed by atoms with E-state index in [0.717, 1.165) is 0 Å². The molecule has 132 valence electrons. The minimum atomic E-state index is -0.407. The topological polar surface area (TPSA) is 66.0 Å². The van der Waals surface area contributed by atoms with Gasteiger partial charge in [-0.1, -0.05) is 6.07 Å². The maximum Gasteiger partial charge on any atom is 0.139 e. The molecular weight excluding hydrogens is 348 g/mol. The highest BCUT2D eigenvalue weighted by molar-refractivity contribution is 5.69. The molecule has 0 radical (unpaired) electrons. The quantitative estimate of drug-likeness (QED) is 0.579. The van der Waals surface area contributed by atoms with E-state index in [9.17, 15) is 14.0 Å². The molecule has 4 aromatic rings. The first-order valence-electron chi connectivity index (χ1n) is 8.13. The third-order valence-corrected chi connectivity index (χ3v) is 4.05. The zero-order valence-electron chi connectivity index (χ0n) is 14.2. The molecule has 27 heavy (non-hydrogen) atoms. The molecule has 0 saturated carbocycles. The number of rotatable bonds is 3. The molecule has 7 heteroatoms. The van der Waals surface area contributed by atoms with Crippen LogP contribution in [0.1, 0.15) is 11.3 Å². The summed E-state index contributed by atoms with van der Waals surface area (Å²) in [6, 6.07) is 14.1. The summed E-state index contributed by atoms with van der Waals surface area (Å²) in [5, 5.41) is 12.4. The van der Waals surface area contributed by atoms with E-state index in [1.54, 1.807) is 41.7 Å². The lowest BCUT2D eigenvalue weighted by molar-refractivity contribution is 0.619. The first-order chi connectivity index (χ1) is 13.0. The number of aromatic nitrogens is 3. The lowest BCUT2D eigenvalue weighted by Crippen LogP contribution is -1.99. The van der Waals surface area contributed by atoms with Crippen LogP contribution in [-0.4, -0.2) is 14.4 Å². The number of imidazole rings is 1. The van der Waals surface area contributed by atoms with Crippen molar-refractivity contribution >= 4 is 17.2 Å². The van der Waals surface area contributed by atoms with Crippen molar-refractivity contribution in [2.75, 3.05) is 5.32 Å². The molecule has 0 saturated heterocycles. The number of halogens is 2. The summed E-state index contributed by atoms with van der Waals surface area (Å²) < 4.78 is 28.7. The highest BCUT2D eigenvalue weighted by Crippen LogP contribution is 2.27. The van der Waals surface area contributed by atoms with Crippen molar-refractivity contribution in [1.82, 2.24) is 14.4 Å². The molecule has 0 atom stereocenters. The van der Waals surface area contributed by atoms with Crippen LogP contribution >= 0.6 is 0 Å². The van der Waals surface area contributed by atoms with Crippen molar-refractivity contribution in [2.24, 2.45) is 0 Å². The summed E-state index contributed by atoms with van der Waals surface area (Å²) in [5.74, 6) is -0.416. The number of aryl methyl sites for hydroxylation is 1. The molecule has 0 aliphatic rings. The lowest BCUT2D eigenvalue weighted by Gasteiger charge is -2.09. The number of nitrogens with one attached hydrogen (secondary N) is 1. The van der Waals surface area contributed by atoms with E-state index >= 15 is 0 Å². The molecule has 0 amide bonds. The number of hydrogen-bond donors (Lipinski definition) is 1. The zero-order chi connectivity index (χ0) is 19.0. The largest absolute Gasteiger partial charge is 0.340 e. The second-order valence-corrected chi connectivity index (χ2v) is 5.99. The second-order valence-electron chi connectivity index (χ2n) is 5.99. The minimum Gasteiger partial charge on any atom is -0.340 e. The van der Waals surface area contributed by atoms with Gasteiger partial charge in [-0.3, -0.25) is 4.40 Å². The van der Waals surface area contributed by atoms with Gasteiger partial charge in [-0.25, -0.2) is 18.7 Å². The average molecular weight is 361 g/mol. The summed E-state index contributed by atoms with van der Waals surface area (Å²) >= 11 is 0. The van der Waals surface area contributed by atoms with Gasteiger partial charge >= 0.3 is 0 Å². The molecule has 3 heterocycles. The maximum absolute atomic E-state index is 13.7. The van der Waals surface area contributed by atoms with Crippen LogP contribution in [-0.2, 0) is 0 Å². The fraction of sp³-hybridized carbons (Fsp3) is 0.0500. The Morgan fingerprint density at radius 3 is 2.67 bits per heavy atom. The normalized spacial score (nSPS) is 10.7. The fourth-order valence-electron chi connectivity index (χ4n) is 2.94. The number of anilines is 2. The van der Waals surface area contributed by atoms with E-state index in [4.69, 9.17) is 0 Å². The van der Waals surface area contributed by atoms with E-state index in [2.05, 4.69) is 21.4 Å². The zero-order valence-corrected chi connectivity index (χ0v) is 14.2. The number of fused-ring (bicyclic) bond motifs is 1. The Labute approximate surface area is 153 Å². The second kappa shape index (κ2) is 6.50. The Morgan fingerprint density at radius 1 is 1.04 bits per heavy atom. The lowest BCUT2D eigenvalue weighted by atomic mass is 10.1. The van der Waals surface area contributed by atoms with Gasteiger partial charge in [0.15, 0.2) is 0 Å². The molecule has 0 fully saturated rings. The van der Waals surface area contributed by atoms with Crippen molar-refractivity contribution in [1.29, 1.82) is 5.26 Å². The minimum absolute atomic E-state index is 0.365. The van der Waals surface area contributed by atoms with Gasteiger partial charge < -0.3 is 5.32 Å². The monoisotopic (exact) mass is 361 g/mol. The highest BCUT2D eigenvalue weighted by atomic mass is 19.1. The Kier molecular flexibility index (Phi) is 4.01. The average Bonchev–Trinajstić information content (AvgIpc) is 2.96. The van der Waals surface area contributed by atoms with Crippen LogP contribution in [0.5, 0.6) is 0 Å². The number of nitrogens with zero attached hydrogens (tertiary/aromatic N) is 4. The number of pyridine rings is 2. The first-order valence-corrected chi connectivity index (χ1v) is 8.13. The van der Waals surface area contributed by atoms with Crippen molar-refractivity contribution < 1.29 is 8.78 Å². The van der Waals surface area contributed by atoms with Gasteiger partial charge in [0, 0.05) is 11.9 Å². The van der Waals surface area contributed by atoms with Crippen molar-refractivity contribution in [2.45, 2.75) is 6.92 Å². The molecule has 5 nitrogen and oxygen atoms in total. The SMILES string of the molecule is Cc1nc2ccc(F)cn2c1-c1cc(C#N)cc(Nc2cccc(F)c2)n1. The third kappa shape index (κ3) is 3.20. The van der Waals surface area contributed by atoms with Gasteiger partial charge in [0.05, 0.1) is 28.7 Å². The van der Waals surface area contributed by atoms with E-state index in [1.807, 2.05) is 0 Å². The molecule has 1 N–H and O–H groups in total. The predicted octanol–water partition coefficient (Wildman–Crippen LogP) is 4.60. The number of hydrogen-bond acceptors (Lipinski definition) is 4. The van der Waals surface area contributed by atoms with E-state index in [0.29, 0.717) is 39.8 Å². The van der Waals surface area contributed by atoms with Crippen LogP contribution in [0, 0.1) is 29.9 Å². The van der Waals surface area contributed by atoms with E-state index < -0.39 is 5.82 Å². The molecule has 0 aliphatic heterocycles. The highest BCUT2D eigenvalue weighted by Gasteiger charge is 2.15. The van der Waals surface area contributed by atoms with Crippen LogP contribution in [0.2, 0.25) is 0 Å². The van der Waals surface area contributed by atoms with Gasteiger partial charge in [0.1, 0.15) is 23.1 Å². The molecule has 0 aliphatic carbocycles. The van der Waals surface area contributed by atoms with Gasteiger partial charge in [-0.05, 0) is 49.4 Å². The molecule has 3 aromatic heterocycles. The molecule has 0 unspecified atom stereocenters. The summed E-state index contributed by atoms with van der Waals surface area (Å²) in [5.41, 5.74) is 3.15. The van der Waals surface area contributed by atoms with Crippen LogP contribution in [0.4, 0.5) is 20.3 Å². The standard InChI is InChI=1S/C20H13F2N5/c1-12-20(27-11-15(22)5-6-19(27)24-12)17-7-13(10-23)8-18(26-17)25-16-4-2-3-14(21)9-16/h2-9,11H,1H3,(H,25,26). The smallest absolute Gasteiger partial charge is 0.139 e. The molecule has 4 rings (SSSR count). The van der Waals surface area contributed by atoms with Crippen molar-refractivity contribution in [3.8, 4) is 17.5 Å². The summed E-state index contributed by atoms with van der Waals surface area (Å²) in [6.07, 6.45) is 1.32. The summed E-state index contributed by atoms with van der Waals surface area (Å²) in [4.78, 5) is 8.94. The van der Waals surface area contributed by atoms with Gasteiger partial charge in [0.2, 0.25) is 0 Å². The molecule has 1 aromatic carbocycles. The van der Waals surface area contributed by atoms with Crippen LogP contribution < -0.4 is 5.32 Å². The fourth-order valence-corrected chi connectivity index (χ4v) is 2.94. The molecule has 0 bridgehead atoms. The maximum atomic E-state index is 13.7. The molecule has 0 spiro atoms. The summed E-state index contributed by atoms with van der Waals surface area (Å²) in [7, 11) is 0.